The Hall–Kier alpha value is -2.39. The van der Waals surface area contributed by atoms with Gasteiger partial charge in [0.15, 0.2) is 0 Å². The fraction of sp³-hybridized carbons (Fsp3) is 0.286. The summed E-state index contributed by atoms with van der Waals surface area (Å²) >= 11 is 0. The van der Waals surface area contributed by atoms with Crippen molar-refractivity contribution in [2.24, 2.45) is 5.73 Å². The number of rotatable bonds is 3. The summed E-state index contributed by atoms with van der Waals surface area (Å²) in [5, 5.41) is 4.79. The largest absolute Gasteiger partial charge is 0.357 e. The summed E-state index contributed by atoms with van der Waals surface area (Å²) in [5.74, 6) is 3.55. The molecule has 4 N–H and O–H groups in total. The summed E-state index contributed by atoms with van der Waals surface area (Å²) in [6.07, 6.45) is 0. The first-order valence-corrected chi connectivity index (χ1v) is 6.00. The van der Waals surface area contributed by atoms with E-state index >= 15 is 0 Å². The number of nitrogens with two attached hydrogens (primary N) is 1. The molecular formula is C14H16FN3O2. The molecule has 6 heteroatoms. The van der Waals surface area contributed by atoms with Crippen LogP contribution in [0.4, 0.5) is 4.39 Å². The summed E-state index contributed by atoms with van der Waals surface area (Å²) in [6, 6.07) is 3.25. The zero-order chi connectivity index (χ0) is 15.1. The highest BCUT2D eigenvalue weighted by atomic mass is 19.1. The highest BCUT2D eigenvalue weighted by Crippen LogP contribution is 2.10. The van der Waals surface area contributed by atoms with E-state index in [9.17, 15) is 14.0 Å². The zero-order valence-electron chi connectivity index (χ0n) is 11.3. The second-order valence-corrected chi connectivity index (χ2v) is 4.01. The van der Waals surface area contributed by atoms with Gasteiger partial charge in [-0.1, -0.05) is 11.8 Å². The maximum Gasteiger partial charge on any atom is 0.254 e. The molecule has 0 radical (unpaired) electrons. The number of hydrogen-bond donors (Lipinski definition) is 3. The quantitative estimate of drug-likeness (QED) is 0.680. The highest BCUT2D eigenvalue weighted by molar-refractivity contribution is 5.97. The first-order valence-electron chi connectivity index (χ1n) is 6.00. The SMILES string of the molecule is CNC(=O)C(C)NC(=O)c1ccc(C#CCN)cc1F. The van der Waals surface area contributed by atoms with Crippen LogP contribution in [0.3, 0.4) is 0 Å². The summed E-state index contributed by atoms with van der Waals surface area (Å²) in [4.78, 5) is 23.1. The Kier molecular flexibility index (Phi) is 5.69. The van der Waals surface area contributed by atoms with Gasteiger partial charge in [-0.15, -0.1) is 0 Å². The highest BCUT2D eigenvalue weighted by Gasteiger charge is 2.17. The van der Waals surface area contributed by atoms with Gasteiger partial charge in [0.25, 0.3) is 5.91 Å². The molecule has 0 bridgehead atoms. The minimum Gasteiger partial charge on any atom is -0.357 e. The van der Waals surface area contributed by atoms with Crippen molar-refractivity contribution in [2.75, 3.05) is 13.6 Å². The lowest BCUT2D eigenvalue weighted by molar-refractivity contribution is -0.122. The molecule has 0 saturated heterocycles. The standard InChI is InChI=1S/C14H16FN3O2/c1-9(13(19)17-2)18-14(20)11-6-5-10(4-3-7-16)8-12(11)15/h5-6,8-9H,7,16H2,1-2H3,(H,17,19)(H,18,20). The van der Waals surface area contributed by atoms with E-state index in [4.69, 9.17) is 5.73 Å². The van der Waals surface area contributed by atoms with Gasteiger partial charge in [-0.25, -0.2) is 4.39 Å². The smallest absolute Gasteiger partial charge is 0.254 e. The molecule has 0 aliphatic carbocycles. The predicted octanol–water partition coefficient (Wildman–Crippen LogP) is 0.000200. The van der Waals surface area contributed by atoms with Crippen molar-refractivity contribution in [1.82, 2.24) is 10.6 Å². The van der Waals surface area contributed by atoms with Gasteiger partial charge in [-0.2, -0.15) is 0 Å². The van der Waals surface area contributed by atoms with E-state index in [1.165, 1.54) is 26.1 Å². The lowest BCUT2D eigenvalue weighted by Crippen LogP contribution is -2.43. The van der Waals surface area contributed by atoms with E-state index in [1.807, 2.05) is 0 Å². The lowest BCUT2D eigenvalue weighted by Gasteiger charge is -2.12. The van der Waals surface area contributed by atoms with Gasteiger partial charge in [0, 0.05) is 12.6 Å². The summed E-state index contributed by atoms with van der Waals surface area (Å²) in [7, 11) is 1.45. The molecular weight excluding hydrogens is 261 g/mol. The van der Waals surface area contributed by atoms with Crippen molar-refractivity contribution in [2.45, 2.75) is 13.0 Å². The average Bonchev–Trinajstić information content (AvgIpc) is 2.43. The van der Waals surface area contributed by atoms with Crippen molar-refractivity contribution in [3.63, 3.8) is 0 Å². The van der Waals surface area contributed by atoms with Crippen LogP contribution >= 0.6 is 0 Å². The van der Waals surface area contributed by atoms with Crippen molar-refractivity contribution >= 4 is 11.8 Å². The van der Waals surface area contributed by atoms with E-state index in [0.29, 0.717) is 5.56 Å². The summed E-state index contributed by atoms with van der Waals surface area (Å²) < 4.78 is 13.8. The Morgan fingerprint density at radius 1 is 1.45 bits per heavy atom. The Morgan fingerprint density at radius 2 is 2.15 bits per heavy atom. The monoisotopic (exact) mass is 277 g/mol. The number of nitrogens with one attached hydrogen (secondary N) is 2. The molecule has 1 aromatic carbocycles. The number of carbonyl (C=O) groups is 2. The van der Waals surface area contributed by atoms with Crippen molar-refractivity contribution in [3.8, 4) is 11.8 Å². The maximum atomic E-state index is 13.8. The minimum atomic E-state index is -0.747. The first-order chi connectivity index (χ1) is 9.49. The third kappa shape index (κ3) is 4.07. The maximum absolute atomic E-state index is 13.8. The van der Waals surface area contributed by atoms with Crippen LogP contribution in [0.2, 0.25) is 0 Å². The molecule has 0 spiro atoms. The second-order valence-electron chi connectivity index (χ2n) is 4.01. The molecule has 20 heavy (non-hydrogen) atoms. The van der Waals surface area contributed by atoms with Gasteiger partial charge in [0.1, 0.15) is 11.9 Å². The molecule has 0 aliphatic heterocycles. The molecule has 0 fully saturated rings. The van der Waals surface area contributed by atoms with Crippen molar-refractivity contribution in [3.05, 3.63) is 35.1 Å². The van der Waals surface area contributed by atoms with Crippen molar-refractivity contribution in [1.29, 1.82) is 0 Å². The van der Waals surface area contributed by atoms with Gasteiger partial charge in [0.2, 0.25) is 5.91 Å². The Bertz CT molecular complexity index is 576. The van der Waals surface area contributed by atoms with E-state index in [-0.39, 0.29) is 18.0 Å². The van der Waals surface area contributed by atoms with Crippen LogP contribution in [0.15, 0.2) is 18.2 Å². The van der Waals surface area contributed by atoms with Gasteiger partial charge in [-0.3, -0.25) is 9.59 Å². The fourth-order valence-corrected chi connectivity index (χ4v) is 1.49. The Balaban J connectivity index is 2.86. The van der Waals surface area contributed by atoms with E-state index in [2.05, 4.69) is 22.5 Å². The fourth-order valence-electron chi connectivity index (χ4n) is 1.49. The molecule has 1 unspecified atom stereocenters. The molecule has 0 saturated carbocycles. The van der Waals surface area contributed by atoms with Crippen LogP contribution in [0.25, 0.3) is 0 Å². The van der Waals surface area contributed by atoms with Crippen molar-refractivity contribution < 1.29 is 14.0 Å². The van der Waals surface area contributed by atoms with Crippen LogP contribution in [0, 0.1) is 17.7 Å². The third-order valence-corrected chi connectivity index (χ3v) is 2.54. The number of likely N-dealkylation sites (N-methyl/N-ethyl adjacent to an activating group) is 1. The van der Waals surface area contributed by atoms with Crippen LogP contribution in [-0.4, -0.2) is 31.4 Å². The van der Waals surface area contributed by atoms with E-state index in [1.54, 1.807) is 0 Å². The average molecular weight is 277 g/mol. The molecule has 5 nitrogen and oxygen atoms in total. The second kappa shape index (κ2) is 7.26. The molecule has 0 heterocycles. The first kappa shape index (κ1) is 15.7. The summed E-state index contributed by atoms with van der Waals surface area (Å²) in [5.41, 5.74) is 5.51. The Labute approximate surface area is 116 Å². The van der Waals surface area contributed by atoms with Crippen LogP contribution < -0.4 is 16.4 Å². The Morgan fingerprint density at radius 3 is 2.70 bits per heavy atom. The number of hydrogen-bond acceptors (Lipinski definition) is 3. The molecule has 1 rings (SSSR count). The van der Waals surface area contributed by atoms with Gasteiger partial charge < -0.3 is 16.4 Å². The molecule has 1 aromatic rings. The number of halogens is 1. The number of carbonyl (C=O) groups excluding carboxylic acids is 2. The van der Waals surface area contributed by atoms with Gasteiger partial charge >= 0.3 is 0 Å². The van der Waals surface area contributed by atoms with E-state index in [0.717, 1.165) is 6.07 Å². The molecule has 2 amide bonds. The van der Waals surface area contributed by atoms with Gasteiger partial charge in [0.05, 0.1) is 12.1 Å². The predicted molar refractivity (Wildman–Crippen MR) is 73.3 cm³/mol. The number of benzene rings is 1. The van der Waals surface area contributed by atoms with Crippen LogP contribution in [0.1, 0.15) is 22.8 Å². The molecule has 106 valence electrons. The number of amides is 2. The normalized spacial score (nSPS) is 11.0. The topological polar surface area (TPSA) is 84.2 Å². The van der Waals surface area contributed by atoms with E-state index < -0.39 is 17.8 Å². The van der Waals surface area contributed by atoms with Gasteiger partial charge in [-0.05, 0) is 25.1 Å². The molecule has 1 atom stereocenters. The lowest BCUT2D eigenvalue weighted by atomic mass is 10.1. The molecule has 0 aliphatic rings. The van der Waals surface area contributed by atoms with Crippen LogP contribution in [0.5, 0.6) is 0 Å². The summed E-state index contributed by atoms with van der Waals surface area (Å²) in [6.45, 7) is 1.68. The zero-order valence-corrected chi connectivity index (χ0v) is 11.3. The molecule has 0 aromatic heterocycles. The van der Waals surface area contributed by atoms with Crippen LogP contribution in [-0.2, 0) is 4.79 Å². The third-order valence-electron chi connectivity index (χ3n) is 2.54. The minimum absolute atomic E-state index is 0.140.